The van der Waals surface area contributed by atoms with E-state index in [9.17, 15) is 9.18 Å². The fourth-order valence-corrected chi connectivity index (χ4v) is 1.57. The molecule has 0 saturated carbocycles. The second-order valence-electron chi connectivity index (χ2n) is 4.10. The SMILES string of the molecule is CNc1nccc(C(=O)NCc2cnc(C)cn2)c1F. The van der Waals surface area contributed by atoms with Gasteiger partial charge in [0.2, 0.25) is 0 Å². The number of halogens is 1. The number of rotatable bonds is 4. The molecular weight excluding hydrogens is 261 g/mol. The molecule has 0 saturated heterocycles. The van der Waals surface area contributed by atoms with Gasteiger partial charge < -0.3 is 10.6 Å². The van der Waals surface area contributed by atoms with Gasteiger partial charge in [-0.1, -0.05) is 0 Å². The maximum absolute atomic E-state index is 13.9. The van der Waals surface area contributed by atoms with Gasteiger partial charge in [0.05, 0.1) is 29.7 Å². The predicted octanol–water partition coefficient (Wildman–Crippen LogP) is 1.29. The van der Waals surface area contributed by atoms with E-state index in [1.807, 2.05) is 6.92 Å². The number of carbonyl (C=O) groups excluding carboxylic acids is 1. The molecule has 2 aromatic rings. The molecule has 7 heteroatoms. The van der Waals surface area contributed by atoms with E-state index in [1.54, 1.807) is 12.4 Å². The quantitative estimate of drug-likeness (QED) is 0.879. The number of anilines is 1. The van der Waals surface area contributed by atoms with E-state index in [2.05, 4.69) is 25.6 Å². The molecule has 2 heterocycles. The van der Waals surface area contributed by atoms with Gasteiger partial charge in [0.15, 0.2) is 11.6 Å². The Hall–Kier alpha value is -2.57. The van der Waals surface area contributed by atoms with Crippen LogP contribution >= 0.6 is 0 Å². The number of carbonyl (C=O) groups is 1. The summed E-state index contributed by atoms with van der Waals surface area (Å²) in [5.41, 5.74) is 1.33. The molecule has 2 N–H and O–H groups in total. The molecule has 0 spiro atoms. The summed E-state index contributed by atoms with van der Waals surface area (Å²) in [4.78, 5) is 23.9. The fourth-order valence-electron chi connectivity index (χ4n) is 1.57. The molecule has 104 valence electrons. The van der Waals surface area contributed by atoms with Gasteiger partial charge in [0, 0.05) is 19.4 Å². The highest BCUT2D eigenvalue weighted by atomic mass is 19.1. The molecule has 0 fully saturated rings. The van der Waals surface area contributed by atoms with Crippen LogP contribution in [0.15, 0.2) is 24.7 Å². The van der Waals surface area contributed by atoms with Crippen molar-refractivity contribution in [2.45, 2.75) is 13.5 Å². The second-order valence-corrected chi connectivity index (χ2v) is 4.10. The van der Waals surface area contributed by atoms with Gasteiger partial charge in [-0.05, 0) is 13.0 Å². The molecule has 0 bridgehead atoms. The van der Waals surface area contributed by atoms with Crippen LogP contribution in [0.2, 0.25) is 0 Å². The number of nitrogens with zero attached hydrogens (tertiary/aromatic N) is 3. The normalized spacial score (nSPS) is 10.2. The first-order chi connectivity index (χ1) is 9.61. The van der Waals surface area contributed by atoms with Gasteiger partial charge in [-0.25, -0.2) is 9.37 Å². The summed E-state index contributed by atoms with van der Waals surface area (Å²) in [7, 11) is 1.54. The lowest BCUT2D eigenvalue weighted by molar-refractivity contribution is 0.0946. The zero-order valence-corrected chi connectivity index (χ0v) is 11.1. The molecule has 1 amide bonds. The Morgan fingerprint density at radius 2 is 2.10 bits per heavy atom. The van der Waals surface area contributed by atoms with Crippen molar-refractivity contribution in [2.24, 2.45) is 0 Å². The molecule has 6 nitrogen and oxygen atoms in total. The van der Waals surface area contributed by atoms with Gasteiger partial charge in [-0.15, -0.1) is 0 Å². The van der Waals surface area contributed by atoms with Crippen molar-refractivity contribution in [3.63, 3.8) is 0 Å². The molecule has 0 aliphatic heterocycles. The van der Waals surface area contributed by atoms with Crippen molar-refractivity contribution < 1.29 is 9.18 Å². The molecular formula is C13H14FN5O. The number of amides is 1. The van der Waals surface area contributed by atoms with Crippen molar-refractivity contribution in [2.75, 3.05) is 12.4 Å². The number of pyridine rings is 1. The summed E-state index contributed by atoms with van der Waals surface area (Å²) in [6.45, 7) is 2.00. The van der Waals surface area contributed by atoms with Gasteiger partial charge in [-0.2, -0.15) is 0 Å². The van der Waals surface area contributed by atoms with Crippen molar-refractivity contribution in [1.82, 2.24) is 20.3 Å². The van der Waals surface area contributed by atoms with Crippen LogP contribution in [-0.2, 0) is 6.54 Å². The topological polar surface area (TPSA) is 79.8 Å². The van der Waals surface area contributed by atoms with Crippen molar-refractivity contribution >= 4 is 11.7 Å². The highest BCUT2D eigenvalue weighted by molar-refractivity contribution is 5.95. The maximum atomic E-state index is 13.9. The summed E-state index contributed by atoms with van der Waals surface area (Å²) < 4.78 is 13.9. The second kappa shape index (κ2) is 6.05. The van der Waals surface area contributed by atoms with Crippen molar-refractivity contribution in [1.29, 1.82) is 0 Å². The van der Waals surface area contributed by atoms with Crippen LogP contribution in [0, 0.1) is 12.7 Å². The van der Waals surface area contributed by atoms with E-state index in [4.69, 9.17) is 0 Å². The number of aromatic nitrogens is 3. The lowest BCUT2D eigenvalue weighted by atomic mass is 10.2. The third kappa shape index (κ3) is 3.05. The first-order valence-electron chi connectivity index (χ1n) is 5.99. The lowest BCUT2D eigenvalue weighted by Gasteiger charge is -2.08. The molecule has 0 aliphatic rings. The maximum Gasteiger partial charge on any atom is 0.254 e. The van der Waals surface area contributed by atoms with Crippen LogP contribution in [0.4, 0.5) is 10.2 Å². The zero-order valence-electron chi connectivity index (χ0n) is 11.1. The van der Waals surface area contributed by atoms with Crippen LogP contribution in [0.5, 0.6) is 0 Å². The van der Waals surface area contributed by atoms with Crippen LogP contribution < -0.4 is 10.6 Å². The predicted molar refractivity (Wildman–Crippen MR) is 71.7 cm³/mol. The standard InChI is InChI=1S/C13H14FN5O/c1-8-5-18-9(6-17-8)7-19-13(20)10-3-4-16-12(15-2)11(10)14/h3-6H,7H2,1-2H3,(H,15,16)(H,19,20). The molecule has 0 aliphatic carbocycles. The van der Waals surface area contributed by atoms with Gasteiger partial charge in [0.25, 0.3) is 5.91 Å². The molecule has 0 aromatic carbocycles. The third-order valence-electron chi connectivity index (χ3n) is 2.64. The number of nitrogens with one attached hydrogen (secondary N) is 2. The molecule has 0 radical (unpaired) electrons. The van der Waals surface area contributed by atoms with E-state index in [0.29, 0.717) is 5.69 Å². The number of hydrogen-bond acceptors (Lipinski definition) is 5. The van der Waals surface area contributed by atoms with Gasteiger partial charge in [0.1, 0.15) is 0 Å². The van der Waals surface area contributed by atoms with E-state index >= 15 is 0 Å². The minimum atomic E-state index is -0.678. The number of hydrogen-bond donors (Lipinski definition) is 2. The Kier molecular flexibility index (Phi) is 4.19. The van der Waals surface area contributed by atoms with E-state index in [0.717, 1.165) is 5.69 Å². The first kappa shape index (κ1) is 13.9. The average molecular weight is 275 g/mol. The fraction of sp³-hybridized carbons (Fsp3) is 0.231. The summed E-state index contributed by atoms with van der Waals surface area (Å²) in [5.74, 6) is -1.17. The summed E-state index contributed by atoms with van der Waals surface area (Å²) in [6.07, 6.45) is 4.54. The van der Waals surface area contributed by atoms with E-state index in [-0.39, 0.29) is 17.9 Å². The highest BCUT2D eigenvalue weighted by Gasteiger charge is 2.15. The molecule has 0 unspecified atom stereocenters. The van der Waals surface area contributed by atoms with Crippen LogP contribution in [0.25, 0.3) is 0 Å². The van der Waals surface area contributed by atoms with Crippen LogP contribution in [-0.4, -0.2) is 27.9 Å². The highest BCUT2D eigenvalue weighted by Crippen LogP contribution is 2.14. The van der Waals surface area contributed by atoms with E-state index < -0.39 is 11.7 Å². The molecule has 0 atom stereocenters. The van der Waals surface area contributed by atoms with Crippen molar-refractivity contribution in [3.05, 3.63) is 47.4 Å². The van der Waals surface area contributed by atoms with Gasteiger partial charge >= 0.3 is 0 Å². The largest absolute Gasteiger partial charge is 0.371 e. The number of aryl methyl sites for hydroxylation is 1. The summed E-state index contributed by atoms with van der Waals surface area (Å²) in [6, 6.07) is 1.33. The third-order valence-corrected chi connectivity index (χ3v) is 2.64. The van der Waals surface area contributed by atoms with Crippen LogP contribution in [0.1, 0.15) is 21.7 Å². The zero-order chi connectivity index (χ0) is 14.5. The summed E-state index contributed by atoms with van der Waals surface area (Å²) in [5, 5.41) is 5.17. The Morgan fingerprint density at radius 3 is 2.75 bits per heavy atom. The average Bonchev–Trinajstić information content (AvgIpc) is 2.46. The Bertz CT molecular complexity index is 615. The van der Waals surface area contributed by atoms with Crippen LogP contribution in [0.3, 0.4) is 0 Å². The molecule has 2 rings (SSSR count). The minimum absolute atomic E-state index is 0.0350. The Morgan fingerprint density at radius 1 is 1.30 bits per heavy atom. The monoisotopic (exact) mass is 275 g/mol. The van der Waals surface area contributed by atoms with Crippen molar-refractivity contribution in [3.8, 4) is 0 Å². The Balaban J connectivity index is 2.07. The minimum Gasteiger partial charge on any atom is -0.371 e. The lowest BCUT2D eigenvalue weighted by Crippen LogP contribution is -2.25. The first-order valence-corrected chi connectivity index (χ1v) is 5.99. The van der Waals surface area contributed by atoms with Gasteiger partial charge in [-0.3, -0.25) is 14.8 Å². The Labute approximate surface area is 115 Å². The smallest absolute Gasteiger partial charge is 0.254 e. The molecule has 2 aromatic heterocycles. The van der Waals surface area contributed by atoms with E-state index in [1.165, 1.54) is 19.3 Å². The summed E-state index contributed by atoms with van der Waals surface area (Å²) >= 11 is 0. The molecule has 20 heavy (non-hydrogen) atoms.